The van der Waals surface area contributed by atoms with Gasteiger partial charge < -0.3 is 5.11 Å². The van der Waals surface area contributed by atoms with E-state index in [2.05, 4.69) is 9.71 Å². The van der Waals surface area contributed by atoms with E-state index in [1.165, 1.54) is 36.7 Å². The molecule has 0 atom stereocenters. The van der Waals surface area contributed by atoms with E-state index in [9.17, 15) is 13.2 Å². The van der Waals surface area contributed by atoms with Crippen molar-refractivity contribution < 1.29 is 18.3 Å². The van der Waals surface area contributed by atoms with Crippen molar-refractivity contribution in [2.75, 3.05) is 4.72 Å². The van der Waals surface area contributed by atoms with E-state index in [1.807, 2.05) is 0 Å². The SMILES string of the molecule is O=C(O)c1ccc(NS(=O)(=O)c2cccnc2)s1. The summed E-state index contributed by atoms with van der Waals surface area (Å²) in [5.41, 5.74) is 0. The molecule has 0 amide bonds. The van der Waals surface area contributed by atoms with E-state index < -0.39 is 16.0 Å². The van der Waals surface area contributed by atoms with Gasteiger partial charge in [0.1, 0.15) is 14.8 Å². The highest BCUT2D eigenvalue weighted by Crippen LogP contribution is 2.24. The molecule has 0 aliphatic heterocycles. The number of anilines is 1. The average Bonchev–Trinajstić information content (AvgIpc) is 2.78. The van der Waals surface area contributed by atoms with Crippen molar-refractivity contribution in [2.24, 2.45) is 0 Å². The molecular weight excluding hydrogens is 276 g/mol. The van der Waals surface area contributed by atoms with Crippen LogP contribution in [0.1, 0.15) is 9.67 Å². The summed E-state index contributed by atoms with van der Waals surface area (Å²) < 4.78 is 26.1. The van der Waals surface area contributed by atoms with Crippen LogP contribution in [-0.4, -0.2) is 24.5 Å². The Balaban J connectivity index is 2.25. The molecule has 2 aromatic rings. The Hall–Kier alpha value is -1.93. The van der Waals surface area contributed by atoms with Gasteiger partial charge in [-0.15, -0.1) is 11.3 Å². The lowest BCUT2D eigenvalue weighted by Crippen LogP contribution is -2.12. The molecule has 0 aliphatic carbocycles. The third kappa shape index (κ3) is 2.66. The van der Waals surface area contributed by atoms with Crippen molar-refractivity contribution in [1.82, 2.24) is 4.98 Å². The third-order valence-corrected chi connectivity index (χ3v) is 4.47. The molecule has 6 nitrogen and oxygen atoms in total. The summed E-state index contributed by atoms with van der Waals surface area (Å²) in [6.45, 7) is 0. The monoisotopic (exact) mass is 284 g/mol. The van der Waals surface area contributed by atoms with Gasteiger partial charge in [-0.3, -0.25) is 9.71 Å². The average molecular weight is 284 g/mol. The number of carboxylic acids is 1. The zero-order valence-corrected chi connectivity index (χ0v) is 10.5. The van der Waals surface area contributed by atoms with E-state index in [-0.39, 0.29) is 14.8 Å². The second-order valence-electron chi connectivity index (χ2n) is 3.26. The maximum Gasteiger partial charge on any atom is 0.345 e. The quantitative estimate of drug-likeness (QED) is 0.889. The second-order valence-corrected chi connectivity index (χ2v) is 6.03. The van der Waals surface area contributed by atoms with Crippen LogP contribution in [0.15, 0.2) is 41.6 Å². The molecule has 8 heteroatoms. The molecule has 2 rings (SSSR count). The number of aromatic carboxylic acids is 1. The van der Waals surface area contributed by atoms with Crippen molar-refractivity contribution in [3.05, 3.63) is 41.5 Å². The third-order valence-electron chi connectivity index (χ3n) is 2.00. The van der Waals surface area contributed by atoms with Gasteiger partial charge in [0, 0.05) is 12.4 Å². The van der Waals surface area contributed by atoms with Crippen LogP contribution in [0, 0.1) is 0 Å². The first kappa shape index (κ1) is 12.5. The lowest BCUT2D eigenvalue weighted by molar-refractivity contribution is 0.0702. The highest BCUT2D eigenvalue weighted by atomic mass is 32.2. The summed E-state index contributed by atoms with van der Waals surface area (Å²) in [5, 5.41) is 8.98. The van der Waals surface area contributed by atoms with Crippen molar-refractivity contribution in [1.29, 1.82) is 0 Å². The van der Waals surface area contributed by atoms with Crippen LogP contribution >= 0.6 is 11.3 Å². The zero-order chi connectivity index (χ0) is 13.2. The Morgan fingerprint density at radius 3 is 2.67 bits per heavy atom. The first-order chi connectivity index (χ1) is 8.49. The van der Waals surface area contributed by atoms with Gasteiger partial charge in [-0.05, 0) is 24.3 Å². The number of nitrogens with zero attached hydrogens (tertiary/aromatic N) is 1. The maximum atomic E-state index is 11.9. The minimum atomic E-state index is -3.72. The summed E-state index contributed by atoms with van der Waals surface area (Å²) >= 11 is 0.852. The minimum Gasteiger partial charge on any atom is -0.477 e. The Bertz CT molecular complexity index is 664. The predicted molar refractivity (Wildman–Crippen MR) is 66.3 cm³/mol. The molecule has 0 fully saturated rings. The number of aromatic nitrogens is 1. The second kappa shape index (κ2) is 4.75. The molecule has 0 saturated carbocycles. The molecule has 2 heterocycles. The highest BCUT2D eigenvalue weighted by molar-refractivity contribution is 7.93. The van der Waals surface area contributed by atoms with Crippen molar-refractivity contribution in [2.45, 2.75) is 4.90 Å². The van der Waals surface area contributed by atoms with Crippen LogP contribution in [0.4, 0.5) is 5.00 Å². The normalized spacial score (nSPS) is 11.1. The Morgan fingerprint density at radius 1 is 1.33 bits per heavy atom. The fourth-order valence-electron chi connectivity index (χ4n) is 1.21. The first-order valence-corrected chi connectivity index (χ1v) is 7.05. The number of hydrogen-bond donors (Lipinski definition) is 2. The molecule has 0 bridgehead atoms. The summed E-state index contributed by atoms with van der Waals surface area (Å²) in [6, 6.07) is 5.66. The number of sulfonamides is 1. The number of nitrogens with one attached hydrogen (secondary N) is 1. The molecule has 2 N–H and O–H groups in total. The lowest BCUT2D eigenvalue weighted by atomic mass is 10.5. The van der Waals surface area contributed by atoms with Gasteiger partial charge in [-0.2, -0.15) is 0 Å². The summed E-state index contributed by atoms with van der Waals surface area (Å²) in [6.07, 6.45) is 2.68. The fraction of sp³-hybridized carbons (Fsp3) is 0. The number of rotatable bonds is 4. The van der Waals surface area contributed by atoms with E-state index in [1.54, 1.807) is 0 Å². The maximum absolute atomic E-state index is 11.9. The fourth-order valence-corrected chi connectivity index (χ4v) is 3.21. The lowest BCUT2D eigenvalue weighted by Gasteiger charge is -2.04. The number of hydrogen-bond acceptors (Lipinski definition) is 5. The van der Waals surface area contributed by atoms with Gasteiger partial charge in [-0.25, -0.2) is 13.2 Å². The molecule has 18 heavy (non-hydrogen) atoms. The molecular formula is C10H8N2O4S2. The van der Waals surface area contributed by atoms with E-state index in [0.717, 1.165) is 11.3 Å². The van der Waals surface area contributed by atoms with E-state index in [4.69, 9.17) is 5.11 Å². The van der Waals surface area contributed by atoms with Crippen LogP contribution in [0.25, 0.3) is 0 Å². The van der Waals surface area contributed by atoms with Gasteiger partial charge in [0.05, 0.1) is 0 Å². The van der Waals surface area contributed by atoms with Crippen LogP contribution < -0.4 is 4.72 Å². The number of carboxylic acid groups (broad SMARTS) is 1. The van der Waals surface area contributed by atoms with Gasteiger partial charge in [0.2, 0.25) is 0 Å². The number of pyridine rings is 1. The topological polar surface area (TPSA) is 96.4 Å². The van der Waals surface area contributed by atoms with Crippen LogP contribution in [0.2, 0.25) is 0 Å². The molecule has 0 saturated heterocycles. The summed E-state index contributed by atoms with van der Waals surface area (Å²) in [5.74, 6) is -1.09. The minimum absolute atomic E-state index is 0.0234. The van der Waals surface area contributed by atoms with Crippen molar-refractivity contribution in [3.63, 3.8) is 0 Å². The van der Waals surface area contributed by atoms with Gasteiger partial charge in [0.25, 0.3) is 10.0 Å². The van der Waals surface area contributed by atoms with Crippen molar-refractivity contribution >= 4 is 32.3 Å². The van der Waals surface area contributed by atoms with Crippen molar-refractivity contribution in [3.8, 4) is 0 Å². The molecule has 0 aromatic carbocycles. The van der Waals surface area contributed by atoms with Crippen LogP contribution in [-0.2, 0) is 10.0 Å². The highest BCUT2D eigenvalue weighted by Gasteiger charge is 2.16. The van der Waals surface area contributed by atoms with Gasteiger partial charge in [0.15, 0.2) is 0 Å². The summed E-state index contributed by atoms with van der Waals surface area (Å²) in [7, 11) is -3.72. The molecule has 94 valence electrons. The Morgan fingerprint density at radius 2 is 2.11 bits per heavy atom. The van der Waals surface area contributed by atoms with Gasteiger partial charge in [-0.1, -0.05) is 0 Å². The Labute approximate surface area is 107 Å². The molecule has 0 spiro atoms. The molecule has 0 aliphatic rings. The van der Waals surface area contributed by atoms with E-state index >= 15 is 0 Å². The van der Waals surface area contributed by atoms with Crippen LogP contribution in [0.3, 0.4) is 0 Å². The zero-order valence-electron chi connectivity index (χ0n) is 8.90. The number of carbonyl (C=O) groups is 1. The summed E-state index contributed by atoms with van der Waals surface area (Å²) in [4.78, 5) is 14.5. The first-order valence-electron chi connectivity index (χ1n) is 4.75. The molecule has 2 aromatic heterocycles. The predicted octanol–water partition coefficient (Wildman–Crippen LogP) is 1.64. The smallest absolute Gasteiger partial charge is 0.345 e. The molecule has 0 radical (unpaired) electrons. The molecule has 0 unspecified atom stereocenters. The number of thiophene rings is 1. The largest absolute Gasteiger partial charge is 0.477 e. The standard InChI is InChI=1S/C10H8N2O4S2/c13-10(14)8-3-4-9(17-8)12-18(15,16)7-2-1-5-11-6-7/h1-6,12H,(H,13,14). The van der Waals surface area contributed by atoms with Crippen LogP contribution in [0.5, 0.6) is 0 Å². The Kier molecular flexibility index (Phi) is 3.30. The van der Waals surface area contributed by atoms with E-state index in [0.29, 0.717) is 0 Å². The van der Waals surface area contributed by atoms with Gasteiger partial charge >= 0.3 is 5.97 Å².